The Morgan fingerprint density at radius 1 is 1.28 bits per heavy atom. The van der Waals surface area contributed by atoms with Gasteiger partial charge in [0.25, 0.3) is 0 Å². The molecule has 1 aromatic heterocycles. The first-order chi connectivity index (χ1) is 12.1. The lowest BCUT2D eigenvalue weighted by molar-refractivity contribution is 0.395. The van der Waals surface area contributed by atoms with Crippen LogP contribution >= 0.6 is 11.3 Å². The van der Waals surface area contributed by atoms with Gasteiger partial charge in [-0.2, -0.15) is 5.10 Å². The van der Waals surface area contributed by atoms with E-state index >= 15 is 0 Å². The summed E-state index contributed by atoms with van der Waals surface area (Å²) < 4.78 is 12.7. The molecule has 0 radical (unpaired) electrons. The van der Waals surface area contributed by atoms with E-state index in [0.717, 1.165) is 34.0 Å². The summed E-state index contributed by atoms with van der Waals surface area (Å²) in [5.74, 6) is 2.04. The topological polar surface area (TPSA) is 48.1 Å². The number of thiazole rings is 1. The predicted molar refractivity (Wildman–Crippen MR) is 105 cm³/mol. The minimum Gasteiger partial charge on any atom is -0.497 e. The first-order valence-electron chi connectivity index (χ1n) is 8.17. The van der Waals surface area contributed by atoms with Gasteiger partial charge in [0.1, 0.15) is 11.5 Å². The molecule has 0 N–H and O–H groups in total. The van der Waals surface area contributed by atoms with E-state index < -0.39 is 0 Å². The van der Waals surface area contributed by atoms with E-state index in [9.17, 15) is 0 Å². The molecule has 0 aliphatic heterocycles. The van der Waals surface area contributed by atoms with E-state index in [4.69, 9.17) is 9.47 Å². The van der Waals surface area contributed by atoms with Gasteiger partial charge in [-0.25, -0.2) is 4.68 Å². The quantitative estimate of drug-likeness (QED) is 0.524. The summed E-state index contributed by atoms with van der Waals surface area (Å²) in [4.78, 5) is 5.37. The van der Waals surface area contributed by atoms with Gasteiger partial charge in [0.15, 0.2) is 0 Å². The number of rotatable bonds is 8. The van der Waals surface area contributed by atoms with Gasteiger partial charge >= 0.3 is 0 Å². The number of hydrogen-bond donors (Lipinski definition) is 0. The maximum Gasteiger partial charge on any atom is 0.206 e. The second-order valence-electron chi connectivity index (χ2n) is 5.84. The molecule has 0 atom stereocenters. The Labute approximate surface area is 153 Å². The van der Waals surface area contributed by atoms with Crippen molar-refractivity contribution in [3.8, 4) is 22.8 Å². The third kappa shape index (κ3) is 4.82. The molecular weight excluding hydrogens is 334 g/mol. The zero-order valence-corrected chi connectivity index (χ0v) is 16.0. The van der Waals surface area contributed by atoms with Crippen LogP contribution in [0.25, 0.3) is 11.3 Å². The highest BCUT2D eigenvalue weighted by Gasteiger charge is 2.13. The molecule has 5 nitrogen and oxygen atoms in total. The Bertz CT molecular complexity index is 803. The van der Waals surface area contributed by atoms with Gasteiger partial charge in [0.2, 0.25) is 4.80 Å². The molecule has 0 saturated heterocycles. The number of methoxy groups -OCH3 is 2. The molecule has 2 rings (SSSR count). The summed E-state index contributed by atoms with van der Waals surface area (Å²) in [6, 6.07) is 5.76. The van der Waals surface area contributed by atoms with Gasteiger partial charge in [-0.05, 0) is 24.5 Å². The fraction of sp³-hybridized carbons (Fsp3) is 0.368. The maximum absolute atomic E-state index is 5.54. The summed E-state index contributed by atoms with van der Waals surface area (Å²) in [5, 5.41) is 6.68. The Kier molecular flexibility index (Phi) is 7.01. The highest BCUT2D eigenvalue weighted by Crippen LogP contribution is 2.33. The van der Waals surface area contributed by atoms with Crippen LogP contribution in [0.4, 0.5) is 0 Å². The van der Waals surface area contributed by atoms with Crippen LogP contribution < -0.4 is 14.3 Å². The summed E-state index contributed by atoms with van der Waals surface area (Å²) in [7, 11) is 3.29. The van der Waals surface area contributed by atoms with Crippen LogP contribution in [-0.2, 0) is 0 Å². The molecule has 6 heteroatoms. The highest BCUT2D eigenvalue weighted by molar-refractivity contribution is 7.07. The molecule has 0 aliphatic carbocycles. The van der Waals surface area contributed by atoms with Crippen LogP contribution in [-0.4, -0.2) is 31.7 Å². The lowest BCUT2D eigenvalue weighted by Gasteiger charge is -2.11. The summed E-state index contributed by atoms with van der Waals surface area (Å²) >= 11 is 1.55. The summed E-state index contributed by atoms with van der Waals surface area (Å²) in [5.41, 5.74) is 1.88. The van der Waals surface area contributed by atoms with E-state index in [-0.39, 0.29) is 0 Å². The summed E-state index contributed by atoms with van der Waals surface area (Å²) in [6.45, 7) is 8.62. The Morgan fingerprint density at radius 3 is 2.72 bits per heavy atom. The van der Waals surface area contributed by atoms with Crippen molar-refractivity contribution < 1.29 is 9.47 Å². The van der Waals surface area contributed by atoms with Gasteiger partial charge in [0.05, 0.1) is 26.5 Å². The van der Waals surface area contributed by atoms with E-state index in [1.807, 2.05) is 34.5 Å². The third-order valence-electron chi connectivity index (χ3n) is 3.50. The molecule has 1 heterocycles. The van der Waals surface area contributed by atoms with Gasteiger partial charge in [-0.15, -0.1) is 17.9 Å². The lowest BCUT2D eigenvalue weighted by Crippen LogP contribution is -2.12. The number of benzene rings is 1. The molecule has 0 unspecified atom stereocenters. The minimum absolute atomic E-state index is 0.551. The Hall–Kier alpha value is -2.34. The van der Waals surface area contributed by atoms with Gasteiger partial charge in [-0.1, -0.05) is 19.9 Å². The third-order valence-corrected chi connectivity index (χ3v) is 4.35. The first-order valence-corrected chi connectivity index (χ1v) is 9.05. The molecule has 0 spiro atoms. The van der Waals surface area contributed by atoms with Crippen molar-refractivity contribution in [2.45, 2.75) is 20.3 Å². The van der Waals surface area contributed by atoms with Crippen LogP contribution in [0.15, 0.2) is 46.3 Å². The zero-order valence-electron chi connectivity index (χ0n) is 15.2. The largest absolute Gasteiger partial charge is 0.497 e. The molecule has 134 valence electrons. The summed E-state index contributed by atoms with van der Waals surface area (Å²) in [6.07, 6.45) is 4.61. The number of nitrogens with zero attached hydrogens (tertiary/aromatic N) is 3. The number of aromatic nitrogens is 1. The average molecular weight is 359 g/mol. The van der Waals surface area contributed by atoms with Gasteiger partial charge in [0, 0.05) is 23.2 Å². The molecule has 0 aliphatic rings. The Balaban J connectivity index is 2.55. The van der Waals surface area contributed by atoms with E-state index in [0.29, 0.717) is 12.5 Å². The zero-order chi connectivity index (χ0) is 18.2. The SMILES string of the molecule is C=CCN=c1scc(-c2ccc(OC)cc2OC)n1N=CCC(C)C. The molecular formula is C19H25N3O2S. The number of ether oxygens (including phenoxy) is 2. The van der Waals surface area contributed by atoms with E-state index in [1.54, 1.807) is 31.6 Å². The van der Waals surface area contributed by atoms with Crippen molar-refractivity contribution in [1.82, 2.24) is 4.68 Å². The Morgan fingerprint density at radius 2 is 2.08 bits per heavy atom. The smallest absolute Gasteiger partial charge is 0.206 e. The molecule has 0 fully saturated rings. The number of hydrogen-bond acceptors (Lipinski definition) is 5. The van der Waals surface area contributed by atoms with Crippen LogP contribution in [0.2, 0.25) is 0 Å². The second kappa shape index (κ2) is 9.22. The van der Waals surface area contributed by atoms with Crippen LogP contribution in [0, 0.1) is 5.92 Å². The molecule has 2 aromatic rings. The molecule has 1 aromatic carbocycles. The van der Waals surface area contributed by atoms with Crippen molar-refractivity contribution in [1.29, 1.82) is 0 Å². The van der Waals surface area contributed by atoms with Gasteiger partial charge in [-0.3, -0.25) is 4.99 Å². The van der Waals surface area contributed by atoms with Crippen molar-refractivity contribution in [3.05, 3.63) is 41.0 Å². The second-order valence-corrected chi connectivity index (χ2v) is 6.68. The van der Waals surface area contributed by atoms with Crippen molar-refractivity contribution >= 4 is 17.6 Å². The molecule has 0 bridgehead atoms. The van der Waals surface area contributed by atoms with Crippen molar-refractivity contribution in [3.63, 3.8) is 0 Å². The fourth-order valence-corrected chi connectivity index (χ4v) is 3.04. The lowest BCUT2D eigenvalue weighted by atomic mass is 10.1. The normalized spacial score (nSPS) is 12.1. The standard InChI is InChI=1S/C19H25N3O2S/c1-6-10-20-19-22(21-11-9-14(2)3)17(13-25-19)16-8-7-15(23-4)12-18(16)24-5/h6-8,11-14H,1,9-10H2,2-5H3. The predicted octanol–water partition coefficient (Wildman–Crippen LogP) is 4.20. The average Bonchev–Trinajstić information content (AvgIpc) is 3.01. The first kappa shape index (κ1) is 19.0. The van der Waals surface area contributed by atoms with Crippen molar-refractivity contribution in [2.24, 2.45) is 16.0 Å². The van der Waals surface area contributed by atoms with Crippen LogP contribution in [0.3, 0.4) is 0 Å². The van der Waals surface area contributed by atoms with Gasteiger partial charge < -0.3 is 9.47 Å². The van der Waals surface area contributed by atoms with Crippen molar-refractivity contribution in [2.75, 3.05) is 20.8 Å². The van der Waals surface area contributed by atoms with E-state index in [1.165, 1.54) is 0 Å². The minimum atomic E-state index is 0.551. The highest BCUT2D eigenvalue weighted by atomic mass is 32.1. The molecule has 25 heavy (non-hydrogen) atoms. The van der Waals surface area contributed by atoms with Crippen LogP contribution in [0.1, 0.15) is 20.3 Å². The maximum atomic E-state index is 5.54. The van der Waals surface area contributed by atoms with Crippen LogP contribution in [0.5, 0.6) is 11.5 Å². The monoisotopic (exact) mass is 359 g/mol. The fourth-order valence-electron chi connectivity index (χ4n) is 2.20. The van der Waals surface area contributed by atoms with E-state index in [2.05, 4.69) is 30.5 Å². The molecule has 0 amide bonds. The molecule has 0 saturated carbocycles.